The second kappa shape index (κ2) is 5.65. The van der Waals surface area contributed by atoms with Gasteiger partial charge in [0, 0.05) is 30.2 Å². The monoisotopic (exact) mass is 345 g/mol. The Morgan fingerprint density at radius 3 is 2.50 bits per heavy atom. The molecule has 0 bridgehead atoms. The summed E-state index contributed by atoms with van der Waals surface area (Å²) in [4.78, 5) is 15.6. The Hall–Kier alpha value is -2.00. The number of nitrogens with zero attached hydrogens (tertiary/aromatic N) is 5. The first-order chi connectivity index (χ1) is 10.4. The maximum Gasteiger partial charge on any atom is 0.434 e. The number of thiazole rings is 1. The van der Waals surface area contributed by atoms with Crippen molar-refractivity contribution in [3.63, 3.8) is 0 Å². The topological polar surface area (TPSA) is 56.5 Å². The molecule has 0 aliphatic rings. The average Bonchev–Trinajstić information content (AvgIpc) is 3.09. The molecule has 0 spiro atoms. The summed E-state index contributed by atoms with van der Waals surface area (Å²) >= 11 is 6.89. The summed E-state index contributed by atoms with van der Waals surface area (Å²) in [5.41, 5.74) is -0.980. The van der Waals surface area contributed by atoms with E-state index in [1.807, 2.05) is 0 Å². The van der Waals surface area contributed by atoms with E-state index >= 15 is 0 Å². The van der Waals surface area contributed by atoms with Crippen molar-refractivity contribution in [1.82, 2.24) is 24.5 Å². The maximum absolute atomic E-state index is 12.9. The number of alkyl halides is 3. The van der Waals surface area contributed by atoms with Gasteiger partial charge in [-0.3, -0.25) is 0 Å². The summed E-state index contributed by atoms with van der Waals surface area (Å²) in [5.74, 6) is 0.453. The van der Waals surface area contributed by atoms with E-state index in [1.165, 1.54) is 34.5 Å². The van der Waals surface area contributed by atoms with Crippen LogP contribution in [0.15, 0.2) is 30.2 Å². The van der Waals surface area contributed by atoms with Crippen LogP contribution in [0.5, 0.6) is 0 Å². The van der Waals surface area contributed by atoms with Crippen molar-refractivity contribution in [2.45, 2.75) is 12.7 Å². The number of hydrogen-bond acceptors (Lipinski definition) is 5. The number of hydrogen-bond donors (Lipinski definition) is 0. The summed E-state index contributed by atoms with van der Waals surface area (Å²) in [6.07, 6.45) is 0.668. The van der Waals surface area contributed by atoms with E-state index in [0.29, 0.717) is 15.9 Å². The van der Waals surface area contributed by atoms with E-state index in [1.54, 1.807) is 5.38 Å². The molecule has 0 saturated heterocycles. The third-order valence-electron chi connectivity index (χ3n) is 2.68. The Morgan fingerprint density at radius 1 is 1.18 bits per heavy atom. The predicted octanol–water partition coefficient (Wildman–Crippen LogP) is 3.52. The lowest BCUT2D eigenvalue weighted by molar-refractivity contribution is -0.140. The summed E-state index contributed by atoms with van der Waals surface area (Å²) < 4.78 is 39.9. The lowest BCUT2D eigenvalue weighted by atomic mass is 10.4. The third kappa shape index (κ3) is 3.09. The Kier molecular flexibility index (Phi) is 3.83. The molecule has 0 atom stereocenters. The molecule has 0 fully saturated rings. The first kappa shape index (κ1) is 14.9. The first-order valence-corrected chi connectivity index (χ1v) is 7.20. The van der Waals surface area contributed by atoms with Gasteiger partial charge in [-0.05, 0) is 0 Å². The van der Waals surface area contributed by atoms with Crippen LogP contribution >= 0.6 is 22.9 Å². The van der Waals surface area contributed by atoms with Gasteiger partial charge in [-0.25, -0.2) is 19.9 Å². The van der Waals surface area contributed by atoms with E-state index in [2.05, 4.69) is 19.9 Å². The molecule has 5 nitrogen and oxygen atoms in total. The van der Waals surface area contributed by atoms with Crippen LogP contribution in [-0.4, -0.2) is 24.5 Å². The molecular weight excluding hydrogens is 339 g/mol. The van der Waals surface area contributed by atoms with E-state index in [4.69, 9.17) is 11.6 Å². The molecule has 3 rings (SSSR count). The van der Waals surface area contributed by atoms with Crippen molar-refractivity contribution in [2.24, 2.45) is 0 Å². The molecule has 0 amide bonds. The van der Waals surface area contributed by atoms with Gasteiger partial charge in [0.05, 0.1) is 11.6 Å². The zero-order chi connectivity index (χ0) is 15.7. The molecule has 10 heteroatoms. The minimum atomic E-state index is -4.53. The number of aromatic nitrogens is 5. The summed E-state index contributed by atoms with van der Waals surface area (Å²) in [6.45, 7) is 0.0369. The van der Waals surface area contributed by atoms with Gasteiger partial charge >= 0.3 is 6.18 Å². The predicted molar refractivity (Wildman–Crippen MR) is 74.5 cm³/mol. The fourth-order valence-electron chi connectivity index (χ4n) is 1.75. The van der Waals surface area contributed by atoms with Crippen molar-refractivity contribution in [1.29, 1.82) is 0 Å². The highest BCUT2D eigenvalue weighted by Crippen LogP contribution is 2.31. The molecule has 3 aromatic heterocycles. The highest BCUT2D eigenvalue weighted by Gasteiger charge is 2.35. The van der Waals surface area contributed by atoms with E-state index < -0.39 is 11.9 Å². The van der Waals surface area contributed by atoms with Crippen LogP contribution < -0.4 is 0 Å². The Morgan fingerprint density at radius 2 is 1.91 bits per heavy atom. The molecule has 0 aromatic carbocycles. The van der Waals surface area contributed by atoms with Crippen molar-refractivity contribution in [3.8, 4) is 10.8 Å². The Balaban J connectivity index is 2.01. The van der Waals surface area contributed by atoms with Crippen LogP contribution in [0, 0.1) is 0 Å². The summed E-state index contributed by atoms with van der Waals surface area (Å²) in [5, 5.41) is 2.41. The first-order valence-electron chi connectivity index (χ1n) is 5.94. The van der Waals surface area contributed by atoms with Crippen LogP contribution in [-0.2, 0) is 12.7 Å². The molecule has 22 heavy (non-hydrogen) atoms. The molecule has 3 heterocycles. The molecule has 0 radical (unpaired) electrons. The van der Waals surface area contributed by atoms with Crippen molar-refractivity contribution >= 4 is 22.9 Å². The molecule has 114 valence electrons. The summed E-state index contributed by atoms with van der Waals surface area (Å²) in [6, 6.07) is 0. The quantitative estimate of drug-likeness (QED) is 0.729. The molecular formula is C12H7ClF3N5S. The highest BCUT2D eigenvalue weighted by molar-refractivity contribution is 7.13. The second-order valence-corrected chi connectivity index (χ2v) is 5.56. The standard InChI is InChI=1S/C12H7ClF3N5S/c13-7-3-18-9(19-4-7)6-21-5-8(12(14,15)16)20-10(21)11-17-1-2-22-11/h1-5H,6H2. The third-order valence-corrected chi connectivity index (χ3v) is 3.64. The molecule has 3 aromatic rings. The van der Waals surface area contributed by atoms with Gasteiger partial charge in [0.2, 0.25) is 0 Å². The normalized spacial score (nSPS) is 11.8. The van der Waals surface area contributed by atoms with Crippen molar-refractivity contribution in [2.75, 3.05) is 0 Å². The zero-order valence-corrected chi connectivity index (χ0v) is 12.3. The molecule has 0 N–H and O–H groups in total. The van der Waals surface area contributed by atoms with Crippen LogP contribution in [0.4, 0.5) is 13.2 Å². The van der Waals surface area contributed by atoms with Crippen molar-refractivity contribution in [3.05, 3.63) is 46.7 Å². The Labute approximate surface area is 131 Å². The van der Waals surface area contributed by atoms with Crippen molar-refractivity contribution < 1.29 is 13.2 Å². The highest BCUT2D eigenvalue weighted by atomic mass is 35.5. The van der Waals surface area contributed by atoms with Gasteiger partial charge in [-0.15, -0.1) is 11.3 Å². The van der Waals surface area contributed by atoms with E-state index in [9.17, 15) is 13.2 Å². The maximum atomic E-state index is 12.9. The minimum Gasteiger partial charge on any atom is -0.321 e. The van der Waals surface area contributed by atoms with Gasteiger partial charge in [0.25, 0.3) is 0 Å². The number of rotatable bonds is 3. The van der Waals surface area contributed by atoms with Crippen LogP contribution in [0.3, 0.4) is 0 Å². The SMILES string of the molecule is FC(F)(F)c1cn(Cc2ncc(Cl)cn2)c(-c2nccs2)n1. The molecule has 0 saturated carbocycles. The smallest absolute Gasteiger partial charge is 0.321 e. The molecule has 0 aliphatic carbocycles. The van der Waals surface area contributed by atoms with Crippen LogP contribution in [0.25, 0.3) is 10.8 Å². The number of halogens is 4. The number of imidazole rings is 1. The fourth-order valence-corrected chi connectivity index (χ4v) is 2.49. The van der Waals surface area contributed by atoms with Gasteiger partial charge in [0.1, 0.15) is 5.82 Å². The lowest BCUT2D eigenvalue weighted by Crippen LogP contribution is -2.06. The van der Waals surface area contributed by atoms with Crippen LogP contribution in [0.1, 0.15) is 11.5 Å². The fraction of sp³-hybridized carbons (Fsp3) is 0.167. The lowest BCUT2D eigenvalue weighted by Gasteiger charge is -2.04. The largest absolute Gasteiger partial charge is 0.434 e. The second-order valence-electron chi connectivity index (χ2n) is 4.23. The summed E-state index contributed by atoms with van der Waals surface area (Å²) in [7, 11) is 0. The zero-order valence-electron chi connectivity index (χ0n) is 10.8. The Bertz CT molecular complexity index is 767. The van der Waals surface area contributed by atoms with E-state index in [0.717, 1.165) is 6.20 Å². The van der Waals surface area contributed by atoms with Crippen LogP contribution in [0.2, 0.25) is 5.02 Å². The molecule has 0 aliphatic heterocycles. The minimum absolute atomic E-state index is 0.0369. The van der Waals surface area contributed by atoms with Gasteiger partial charge in [-0.1, -0.05) is 11.6 Å². The average molecular weight is 346 g/mol. The van der Waals surface area contributed by atoms with E-state index in [-0.39, 0.29) is 12.4 Å². The van der Waals surface area contributed by atoms with Gasteiger partial charge < -0.3 is 4.57 Å². The van der Waals surface area contributed by atoms with Gasteiger partial charge in [-0.2, -0.15) is 13.2 Å². The molecule has 0 unspecified atom stereocenters. The van der Waals surface area contributed by atoms with Gasteiger partial charge in [0.15, 0.2) is 16.5 Å².